The molecule has 0 radical (unpaired) electrons. The Morgan fingerprint density at radius 2 is 2.21 bits per heavy atom. The summed E-state index contributed by atoms with van der Waals surface area (Å²) in [5.41, 5.74) is 0. The van der Waals surface area contributed by atoms with Crippen LogP contribution in [0.25, 0.3) is 0 Å². The van der Waals surface area contributed by atoms with E-state index in [1.807, 2.05) is 21.0 Å². The summed E-state index contributed by atoms with van der Waals surface area (Å²) in [6, 6.07) is 1.35. The van der Waals surface area contributed by atoms with Crippen LogP contribution in [0.1, 0.15) is 31.7 Å². The van der Waals surface area contributed by atoms with Gasteiger partial charge in [-0.05, 0) is 26.8 Å². The third-order valence-electron chi connectivity index (χ3n) is 2.63. The van der Waals surface area contributed by atoms with Crippen molar-refractivity contribution in [2.24, 2.45) is 0 Å². The molecule has 1 aromatic heterocycles. The zero-order chi connectivity index (χ0) is 10.1. The molecule has 2 rings (SSSR count). The van der Waals surface area contributed by atoms with Gasteiger partial charge < -0.3 is 14.6 Å². The number of hydrogen-bond donors (Lipinski definition) is 1. The molecule has 0 amide bonds. The summed E-state index contributed by atoms with van der Waals surface area (Å²) in [4.78, 5) is 2.05. The van der Waals surface area contributed by atoms with Gasteiger partial charge in [0.15, 0.2) is 0 Å². The third kappa shape index (κ3) is 1.72. The molecule has 1 aromatic rings. The van der Waals surface area contributed by atoms with Gasteiger partial charge in [-0.1, -0.05) is 5.10 Å². The molecule has 0 aromatic carbocycles. The lowest BCUT2D eigenvalue weighted by Crippen LogP contribution is -2.19. The van der Waals surface area contributed by atoms with E-state index < -0.39 is 0 Å². The summed E-state index contributed by atoms with van der Waals surface area (Å²) in [5, 5.41) is 11.1. The van der Waals surface area contributed by atoms with E-state index in [2.05, 4.69) is 20.4 Å². The van der Waals surface area contributed by atoms with E-state index >= 15 is 0 Å². The van der Waals surface area contributed by atoms with Crippen molar-refractivity contribution in [1.82, 2.24) is 15.5 Å². The van der Waals surface area contributed by atoms with Gasteiger partial charge in [-0.2, -0.15) is 0 Å². The highest BCUT2D eigenvalue weighted by atomic mass is 16.4. The molecule has 0 bridgehead atoms. The molecule has 1 N–H and O–H groups in total. The topological polar surface area (TPSA) is 54.2 Å². The molecule has 1 saturated carbocycles. The lowest BCUT2D eigenvalue weighted by molar-refractivity contribution is 0.432. The summed E-state index contributed by atoms with van der Waals surface area (Å²) in [5.74, 6) is 0.648. The molecule has 5 nitrogen and oxygen atoms in total. The molecule has 0 spiro atoms. The van der Waals surface area contributed by atoms with E-state index in [1.54, 1.807) is 0 Å². The van der Waals surface area contributed by atoms with Gasteiger partial charge in [-0.15, -0.1) is 5.10 Å². The minimum absolute atomic E-state index is 0.115. The molecular formula is C9H16N4O. The standard InChI is InChI=1S/C9H16N4O/c1-6(10-2)8-11-12-9(14-8)13(3)7-4-5-7/h6-7,10H,4-5H2,1-3H3. The second kappa shape index (κ2) is 3.57. The fraction of sp³-hybridized carbons (Fsp3) is 0.778. The quantitative estimate of drug-likeness (QED) is 0.777. The number of hydrogen-bond acceptors (Lipinski definition) is 5. The highest BCUT2D eigenvalue weighted by Crippen LogP contribution is 2.29. The molecule has 1 aliphatic rings. The molecule has 0 aliphatic heterocycles. The predicted octanol–water partition coefficient (Wildman–Crippen LogP) is 0.949. The van der Waals surface area contributed by atoms with Crippen molar-refractivity contribution in [1.29, 1.82) is 0 Å². The molecule has 1 unspecified atom stereocenters. The lowest BCUT2D eigenvalue weighted by Gasteiger charge is -2.11. The van der Waals surface area contributed by atoms with Crippen LogP contribution in [0.4, 0.5) is 6.01 Å². The van der Waals surface area contributed by atoms with Crippen molar-refractivity contribution in [3.8, 4) is 0 Å². The molecule has 1 atom stereocenters. The van der Waals surface area contributed by atoms with Crippen molar-refractivity contribution >= 4 is 6.01 Å². The Morgan fingerprint density at radius 3 is 2.79 bits per heavy atom. The van der Waals surface area contributed by atoms with Crippen LogP contribution in [0.5, 0.6) is 0 Å². The lowest BCUT2D eigenvalue weighted by atomic mass is 10.3. The smallest absolute Gasteiger partial charge is 0.318 e. The van der Waals surface area contributed by atoms with Crippen LogP contribution in [0, 0.1) is 0 Å². The molecule has 14 heavy (non-hydrogen) atoms. The summed E-state index contributed by atoms with van der Waals surface area (Å²) in [6.07, 6.45) is 2.46. The van der Waals surface area contributed by atoms with Crippen molar-refractivity contribution in [2.45, 2.75) is 31.8 Å². The van der Waals surface area contributed by atoms with Gasteiger partial charge >= 0.3 is 6.01 Å². The van der Waals surface area contributed by atoms with Crippen molar-refractivity contribution in [3.05, 3.63) is 5.89 Å². The van der Waals surface area contributed by atoms with E-state index in [0.717, 1.165) is 0 Å². The summed E-state index contributed by atoms with van der Waals surface area (Å²) in [7, 11) is 3.87. The average molecular weight is 196 g/mol. The monoisotopic (exact) mass is 196 g/mol. The highest BCUT2D eigenvalue weighted by molar-refractivity contribution is 5.27. The summed E-state index contributed by atoms with van der Waals surface area (Å²) < 4.78 is 5.54. The van der Waals surface area contributed by atoms with Gasteiger partial charge in [0.2, 0.25) is 5.89 Å². The summed E-state index contributed by atoms with van der Waals surface area (Å²) in [6.45, 7) is 1.99. The van der Waals surface area contributed by atoms with E-state index in [9.17, 15) is 0 Å². The van der Waals surface area contributed by atoms with Gasteiger partial charge in [0, 0.05) is 13.1 Å². The minimum atomic E-state index is 0.115. The van der Waals surface area contributed by atoms with Crippen LogP contribution in [0.15, 0.2) is 4.42 Å². The number of nitrogens with one attached hydrogen (secondary N) is 1. The Kier molecular flexibility index (Phi) is 2.41. The van der Waals surface area contributed by atoms with Crippen LogP contribution in [0.2, 0.25) is 0 Å². The van der Waals surface area contributed by atoms with Crippen LogP contribution >= 0.6 is 0 Å². The number of nitrogens with zero attached hydrogens (tertiary/aromatic N) is 3. The molecule has 1 aliphatic carbocycles. The van der Waals surface area contributed by atoms with Crippen LogP contribution in [0.3, 0.4) is 0 Å². The number of aromatic nitrogens is 2. The Labute approximate surface area is 83.5 Å². The largest absolute Gasteiger partial charge is 0.406 e. The van der Waals surface area contributed by atoms with E-state index in [0.29, 0.717) is 17.9 Å². The van der Waals surface area contributed by atoms with E-state index in [1.165, 1.54) is 12.8 Å². The van der Waals surface area contributed by atoms with Crippen molar-refractivity contribution < 1.29 is 4.42 Å². The fourth-order valence-corrected chi connectivity index (χ4v) is 1.29. The predicted molar refractivity (Wildman–Crippen MR) is 53.2 cm³/mol. The third-order valence-corrected chi connectivity index (χ3v) is 2.63. The second-order valence-electron chi connectivity index (χ2n) is 3.78. The fourth-order valence-electron chi connectivity index (χ4n) is 1.29. The van der Waals surface area contributed by atoms with Crippen LogP contribution in [-0.2, 0) is 0 Å². The average Bonchev–Trinajstić information content (AvgIpc) is 2.93. The van der Waals surface area contributed by atoms with Crippen molar-refractivity contribution in [3.63, 3.8) is 0 Å². The Hall–Kier alpha value is -1.10. The van der Waals surface area contributed by atoms with Gasteiger partial charge in [-0.3, -0.25) is 0 Å². The zero-order valence-corrected chi connectivity index (χ0v) is 8.82. The Balaban J connectivity index is 2.08. The van der Waals surface area contributed by atoms with E-state index in [-0.39, 0.29) is 6.04 Å². The van der Waals surface area contributed by atoms with Gasteiger partial charge in [-0.25, -0.2) is 0 Å². The molecular weight excluding hydrogens is 180 g/mol. The number of anilines is 1. The van der Waals surface area contributed by atoms with Gasteiger partial charge in [0.1, 0.15) is 0 Å². The molecule has 0 saturated heterocycles. The molecule has 1 heterocycles. The van der Waals surface area contributed by atoms with Gasteiger partial charge in [0.25, 0.3) is 0 Å². The van der Waals surface area contributed by atoms with E-state index in [4.69, 9.17) is 4.42 Å². The maximum Gasteiger partial charge on any atom is 0.318 e. The summed E-state index contributed by atoms with van der Waals surface area (Å²) >= 11 is 0. The van der Waals surface area contributed by atoms with Crippen LogP contribution in [-0.4, -0.2) is 30.3 Å². The van der Waals surface area contributed by atoms with Gasteiger partial charge in [0.05, 0.1) is 6.04 Å². The first-order chi connectivity index (χ1) is 6.72. The normalized spacial score (nSPS) is 18.2. The second-order valence-corrected chi connectivity index (χ2v) is 3.78. The first kappa shape index (κ1) is 9.45. The first-order valence-corrected chi connectivity index (χ1v) is 4.96. The highest BCUT2D eigenvalue weighted by Gasteiger charge is 2.29. The maximum atomic E-state index is 5.54. The molecule has 1 fully saturated rings. The Bertz CT molecular complexity index is 308. The Morgan fingerprint density at radius 1 is 1.50 bits per heavy atom. The maximum absolute atomic E-state index is 5.54. The zero-order valence-electron chi connectivity index (χ0n) is 8.82. The number of rotatable bonds is 4. The molecule has 5 heteroatoms. The molecule has 78 valence electrons. The van der Waals surface area contributed by atoms with Crippen molar-refractivity contribution in [2.75, 3.05) is 19.0 Å². The van der Waals surface area contributed by atoms with Crippen LogP contribution < -0.4 is 10.2 Å². The SMILES string of the molecule is CNC(C)c1nnc(N(C)C2CC2)o1. The minimum Gasteiger partial charge on any atom is -0.406 e. The first-order valence-electron chi connectivity index (χ1n) is 4.96.